The third kappa shape index (κ3) is 3.58. The third-order valence-corrected chi connectivity index (χ3v) is 4.57. The van der Waals surface area contributed by atoms with E-state index in [1.807, 2.05) is 44.2 Å². The first-order chi connectivity index (χ1) is 13.5. The highest BCUT2D eigenvalue weighted by Gasteiger charge is 2.22. The Morgan fingerprint density at radius 3 is 2.93 bits per heavy atom. The number of carboxylic acids is 1. The molecular weight excluding hydrogens is 358 g/mol. The topological polar surface area (TPSA) is 81.8 Å². The molecule has 0 saturated heterocycles. The van der Waals surface area contributed by atoms with Gasteiger partial charge in [0.1, 0.15) is 23.1 Å². The van der Waals surface area contributed by atoms with Crippen LogP contribution in [0.15, 0.2) is 40.8 Å². The molecule has 1 aromatic heterocycles. The van der Waals surface area contributed by atoms with Gasteiger partial charge in [-0.2, -0.15) is 0 Å². The molecule has 0 fully saturated rings. The van der Waals surface area contributed by atoms with Crippen LogP contribution in [0.3, 0.4) is 0 Å². The SMILES string of the molecule is CCOc1cc2c(cc1/C=C(\CC(=O)O)c1nc3ccccc3o1)OC(C)C2. The Bertz CT molecular complexity index is 1030. The van der Waals surface area contributed by atoms with E-state index in [0.717, 1.165) is 23.3 Å². The number of aliphatic carboxylic acids is 1. The molecule has 0 bridgehead atoms. The summed E-state index contributed by atoms with van der Waals surface area (Å²) in [5.41, 5.74) is 3.61. The average molecular weight is 379 g/mol. The minimum atomic E-state index is -0.961. The standard InChI is InChI=1S/C22H21NO5/c1-3-26-19-10-14-8-13(2)27-20(14)11-15(19)9-16(12-21(24)25)22-23-17-6-4-5-7-18(17)28-22/h4-7,9-11,13H,3,8,12H2,1-2H3,(H,24,25)/b16-9+. The number of aromatic nitrogens is 1. The summed E-state index contributed by atoms with van der Waals surface area (Å²) < 4.78 is 17.5. The molecule has 6 heteroatoms. The number of fused-ring (bicyclic) bond motifs is 2. The quantitative estimate of drug-likeness (QED) is 0.676. The Labute approximate surface area is 162 Å². The zero-order chi connectivity index (χ0) is 19.7. The predicted octanol–water partition coefficient (Wildman–Crippen LogP) is 4.57. The molecule has 0 amide bonds. The lowest BCUT2D eigenvalue weighted by Gasteiger charge is -2.11. The van der Waals surface area contributed by atoms with Gasteiger partial charge in [0.25, 0.3) is 0 Å². The molecule has 28 heavy (non-hydrogen) atoms. The normalized spacial score (nSPS) is 16.1. The first-order valence-electron chi connectivity index (χ1n) is 9.28. The molecule has 1 unspecified atom stereocenters. The number of para-hydroxylation sites is 2. The van der Waals surface area contributed by atoms with Crippen LogP contribution >= 0.6 is 0 Å². The summed E-state index contributed by atoms with van der Waals surface area (Å²) in [5.74, 6) is 0.825. The van der Waals surface area contributed by atoms with Crippen molar-refractivity contribution in [3.8, 4) is 11.5 Å². The Morgan fingerprint density at radius 2 is 2.18 bits per heavy atom. The van der Waals surface area contributed by atoms with E-state index in [0.29, 0.717) is 34.9 Å². The average Bonchev–Trinajstić information content (AvgIpc) is 3.23. The fourth-order valence-electron chi connectivity index (χ4n) is 3.40. The van der Waals surface area contributed by atoms with Crippen molar-refractivity contribution in [1.29, 1.82) is 0 Å². The molecule has 3 aromatic rings. The van der Waals surface area contributed by atoms with Crippen LogP contribution in [0.25, 0.3) is 22.7 Å². The second-order valence-corrected chi connectivity index (χ2v) is 6.79. The number of rotatable bonds is 6. The van der Waals surface area contributed by atoms with Gasteiger partial charge in [-0.15, -0.1) is 0 Å². The van der Waals surface area contributed by atoms with Gasteiger partial charge in [0.15, 0.2) is 5.58 Å². The summed E-state index contributed by atoms with van der Waals surface area (Å²) in [4.78, 5) is 15.9. The van der Waals surface area contributed by atoms with Crippen LogP contribution in [0.2, 0.25) is 0 Å². The monoisotopic (exact) mass is 379 g/mol. The molecule has 6 nitrogen and oxygen atoms in total. The van der Waals surface area contributed by atoms with Crippen LogP contribution in [0, 0.1) is 0 Å². The van der Waals surface area contributed by atoms with Gasteiger partial charge in [-0.05, 0) is 44.2 Å². The van der Waals surface area contributed by atoms with E-state index in [9.17, 15) is 9.90 Å². The third-order valence-electron chi connectivity index (χ3n) is 4.57. The number of oxazole rings is 1. The summed E-state index contributed by atoms with van der Waals surface area (Å²) >= 11 is 0. The second kappa shape index (κ2) is 7.38. The van der Waals surface area contributed by atoms with Gasteiger partial charge in [-0.1, -0.05) is 12.1 Å². The summed E-state index contributed by atoms with van der Waals surface area (Å²) in [6, 6.07) is 11.2. The zero-order valence-electron chi connectivity index (χ0n) is 15.8. The molecule has 2 aromatic carbocycles. The van der Waals surface area contributed by atoms with E-state index >= 15 is 0 Å². The Hall–Kier alpha value is -3.28. The second-order valence-electron chi connectivity index (χ2n) is 6.79. The molecule has 0 aliphatic carbocycles. The number of hydrogen-bond donors (Lipinski definition) is 1. The van der Waals surface area contributed by atoms with Crippen LogP contribution in [0.1, 0.15) is 37.3 Å². The maximum atomic E-state index is 11.5. The van der Waals surface area contributed by atoms with Crippen molar-refractivity contribution in [3.05, 3.63) is 53.4 Å². The fraction of sp³-hybridized carbons (Fsp3) is 0.273. The van der Waals surface area contributed by atoms with Gasteiger partial charge in [-0.3, -0.25) is 4.79 Å². The molecule has 1 atom stereocenters. The first-order valence-corrected chi connectivity index (χ1v) is 9.28. The molecule has 0 spiro atoms. The number of hydrogen-bond acceptors (Lipinski definition) is 5. The smallest absolute Gasteiger partial charge is 0.308 e. The lowest BCUT2D eigenvalue weighted by atomic mass is 10.0. The van der Waals surface area contributed by atoms with Gasteiger partial charge >= 0.3 is 5.97 Å². The van der Waals surface area contributed by atoms with E-state index in [4.69, 9.17) is 13.9 Å². The lowest BCUT2D eigenvalue weighted by molar-refractivity contribution is -0.135. The van der Waals surface area contributed by atoms with Gasteiger partial charge < -0.3 is 19.0 Å². The van der Waals surface area contributed by atoms with Crippen LogP contribution < -0.4 is 9.47 Å². The van der Waals surface area contributed by atoms with Crippen molar-refractivity contribution in [2.24, 2.45) is 0 Å². The minimum absolute atomic E-state index is 0.110. The van der Waals surface area contributed by atoms with Crippen molar-refractivity contribution < 1.29 is 23.8 Å². The molecular formula is C22H21NO5. The van der Waals surface area contributed by atoms with Crippen molar-refractivity contribution >= 4 is 28.7 Å². The fourth-order valence-corrected chi connectivity index (χ4v) is 3.40. The zero-order valence-corrected chi connectivity index (χ0v) is 15.8. The molecule has 2 heterocycles. The van der Waals surface area contributed by atoms with Crippen molar-refractivity contribution in [1.82, 2.24) is 4.98 Å². The van der Waals surface area contributed by atoms with Crippen LogP contribution in [-0.4, -0.2) is 28.8 Å². The van der Waals surface area contributed by atoms with Crippen LogP contribution in [0.4, 0.5) is 0 Å². The van der Waals surface area contributed by atoms with Gasteiger partial charge in [0.2, 0.25) is 5.89 Å². The maximum absolute atomic E-state index is 11.5. The van der Waals surface area contributed by atoms with E-state index in [1.165, 1.54) is 0 Å². The maximum Gasteiger partial charge on any atom is 0.308 e. The van der Waals surface area contributed by atoms with Crippen LogP contribution in [-0.2, 0) is 11.2 Å². The highest BCUT2D eigenvalue weighted by atomic mass is 16.5. The number of ether oxygens (including phenoxy) is 2. The van der Waals surface area contributed by atoms with E-state index in [2.05, 4.69) is 4.98 Å². The molecule has 1 aliphatic rings. The number of carboxylic acid groups (broad SMARTS) is 1. The van der Waals surface area contributed by atoms with Crippen molar-refractivity contribution in [3.63, 3.8) is 0 Å². The molecule has 1 aliphatic heterocycles. The molecule has 0 radical (unpaired) electrons. The number of nitrogens with zero attached hydrogens (tertiary/aromatic N) is 1. The summed E-state index contributed by atoms with van der Waals surface area (Å²) in [6.07, 6.45) is 2.48. The molecule has 1 N–H and O–H groups in total. The van der Waals surface area contributed by atoms with Crippen molar-refractivity contribution in [2.75, 3.05) is 6.61 Å². The number of carbonyl (C=O) groups is 1. The van der Waals surface area contributed by atoms with Gasteiger partial charge in [0.05, 0.1) is 13.0 Å². The molecule has 4 rings (SSSR count). The lowest BCUT2D eigenvalue weighted by Crippen LogP contribution is -2.05. The minimum Gasteiger partial charge on any atom is -0.493 e. The summed E-state index contributed by atoms with van der Waals surface area (Å²) in [5, 5.41) is 9.39. The first kappa shape index (κ1) is 18.1. The predicted molar refractivity (Wildman–Crippen MR) is 106 cm³/mol. The molecule has 144 valence electrons. The van der Waals surface area contributed by atoms with E-state index < -0.39 is 5.97 Å². The highest BCUT2D eigenvalue weighted by molar-refractivity contribution is 5.92. The van der Waals surface area contributed by atoms with E-state index in [-0.39, 0.29) is 12.5 Å². The highest BCUT2D eigenvalue weighted by Crippen LogP contribution is 2.37. The largest absolute Gasteiger partial charge is 0.493 e. The van der Waals surface area contributed by atoms with E-state index in [1.54, 1.807) is 12.1 Å². The Balaban J connectivity index is 1.82. The van der Waals surface area contributed by atoms with Crippen molar-refractivity contribution in [2.45, 2.75) is 32.8 Å². The number of benzene rings is 2. The Kier molecular flexibility index (Phi) is 4.77. The van der Waals surface area contributed by atoms with Gasteiger partial charge in [0, 0.05) is 23.1 Å². The Morgan fingerprint density at radius 1 is 1.36 bits per heavy atom. The van der Waals surface area contributed by atoms with Gasteiger partial charge in [-0.25, -0.2) is 4.98 Å². The summed E-state index contributed by atoms with van der Waals surface area (Å²) in [6.45, 7) is 4.44. The molecule has 0 saturated carbocycles. The summed E-state index contributed by atoms with van der Waals surface area (Å²) in [7, 11) is 0. The van der Waals surface area contributed by atoms with Crippen LogP contribution in [0.5, 0.6) is 11.5 Å².